The molecule has 1 rings (SSSR count). The second-order valence-corrected chi connectivity index (χ2v) is 3.67. The van der Waals surface area contributed by atoms with E-state index in [1.165, 1.54) is 25.1 Å². The Kier molecular flexibility index (Phi) is 3.60. The summed E-state index contributed by atoms with van der Waals surface area (Å²) in [5.74, 6) is -4.36. The minimum Gasteiger partial charge on any atom is -0.390 e. The number of hydrogen-bond donors (Lipinski definition) is 2. The summed E-state index contributed by atoms with van der Waals surface area (Å²) in [4.78, 5) is 0. The first-order chi connectivity index (χ1) is 7.39. The molecule has 0 aromatic heterocycles. The van der Waals surface area contributed by atoms with E-state index in [4.69, 9.17) is 10.8 Å². The summed E-state index contributed by atoms with van der Waals surface area (Å²) < 4.78 is 40.5. The number of halogens is 3. The zero-order valence-electron chi connectivity index (χ0n) is 8.88. The SMILES string of the molecule is CC[C@@](N)(c1ccccc1F)C(F)(F)CO. The molecule has 0 aliphatic heterocycles. The summed E-state index contributed by atoms with van der Waals surface area (Å²) in [7, 11) is 0. The van der Waals surface area contributed by atoms with Crippen LogP contribution in [0.5, 0.6) is 0 Å². The van der Waals surface area contributed by atoms with E-state index in [1.807, 2.05) is 0 Å². The maximum atomic E-state index is 13.5. The Hall–Kier alpha value is -1.07. The van der Waals surface area contributed by atoms with E-state index in [0.717, 1.165) is 6.07 Å². The Morgan fingerprint density at radius 1 is 1.31 bits per heavy atom. The average molecular weight is 233 g/mol. The summed E-state index contributed by atoms with van der Waals surface area (Å²) in [6.45, 7) is 0.0156. The predicted molar refractivity (Wildman–Crippen MR) is 54.6 cm³/mol. The molecule has 0 aliphatic carbocycles. The van der Waals surface area contributed by atoms with Crippen molar-refractivity contribution in [1.82, 2.24) is 0 Å². The molecule has 0 saturated heterocycles. The van der Waals surface area contributed by atoms with Crippen LogP contribution in [-0.2, 0) is 5.54 Å². The number of aliphatic hydroxyl groups excluding tert-OH is 1. The Labute approximate surface area is 91.9 Å². The van der Waals surface area contributed by atoms with Crippen molar-refractivity contribution in [3.63, 3.8) is 0 Å². The highest BCUT2D eigenvalue weighted by Crippen LogP contribution is 2.38. The molecule has 0 heterocycles. The van der Waals surface area contributed by atoms with Gasteiger partial charge in [-0.15, -0.1) is 0 Å². The van der Waals surface area contributed by atoms with Crippen molar-refractivity contribution >= 4 is 0 Å². The Balaban J connectivity index is 3.31. The number of benzene rings is 1. The number of rotatable bonds is 4. The van der Waals surface area contributed by atoms with Gasteiger partial charge in [-0.3, -0.25) is 0 Å². The topological polar surface area (TPSA) is 46.2 Å². The van der Waals surface area contributed by atoms with Gasteiger partial charge in [0.05, 0.1) is 0 Å². The van der Waals surface area contributed by atoms with Crippen LogP contribution >= 0.6 is 0 Å². The summed E-state index contributed by atoms with van der Waals surface area (Å²) >= 11 is 0. The molecule has 0 radical (unpaired) electrons. The third-order valence-electron chi connectivity index (χ3n) is 2.76. The molecule has 0 amide bonds. The lowest BCUT2D eigenvalue weighted by Gasteiger charge is -2.35. The van der Waals surface area contributed by atoms with Crippen LogP contribution in [0.1, 0.15) is 18.9 Å². The van der Waals surface area contributed by atoms with E-state index in [-0.39, 0.29) is 12.0 Å². The van der Waals surface area contributed by atoms with Crippen molar-refractivity contribution in [3.05, 3.63) is 35.6 Å². The van der Waals surface area contributed by atoms with Crippen LogP contribution in [-0.4, -0.2) is 17.6 Å². The first-order valence-corrected chi connectivity index (χ1v) is 4.91. The average Bonchev–Trinajstić information content (AvgIpc) is 2.28. The van der Waals surface area contributed by atoms with E-state index in [1.54, 1.807) is 0 Å². The molecule has 1 aromatic carbocycles. The van der Waals surface area contributed by atoms with Gasteiger partial charge in [0.15, 0.2) is 0 Å². The quantitative estimate of drug-likeness (QED) is 0.835. The monoisotopic (exact) mass is 233 g/mol. The van der Waals surface area contributed by atoms with Gasteiger partial charge in [-0.2, -0.15) is 0 Å². The lowest BCUT2D eigenvalue weighted by Crippen LogP contribution is -2.54. The molecular weight excluding hydrogens is 219 g/mol. The molecule has 90 valence electrons. The van der Waals surface area contributed by atoms with Crippen molar-refractivity contribution < 1.29 is 18.3 Å². The highest BCUT2D eigenvalue weighted by atomic mass is 19.3. The molecule has 1 atom stereocenters. The van der Waals surface area contributed by atoms with Crippen molar-refractivity contribution in [3.8, 4) is 0 Å². The number of aliphatic hydroxyl groups is 1. The molecule has 0 aliphatic rings. The van der Waals surface area contributed by atoms with Gasteiger partial charge < -0.3 is 10.8 Å². The maximum Gasteiger partial charge on any atom is 0.292 e. The smallest absolute Gasteiger partial charge is 0.292 e. The van der Waals surface area contributed by atoms with Crippen molar-refractivity contribution in [1.29, 1.82) is 0 Å². The number of alkyl halides is 2. The van der Waals surface area contributed by atoms with Crippen LogP contribution in [0.2, 0.25) is 0 Å². The van der Waals surface area contributed by atoms with Crippen LogP contribution in [0.15, 0.2) is 24.3 Å². The standard InChI is InChI=1S/C11H14F3NO/c1-2-10(15,11(13,14)7-16)8-5-3-4-6-9(8)12/h3-6,16H,2,7,15H2,1H3/t10-/m1/s1. The zero-order valence-corrected chi connectivity index (χ0v) is 8.88. The van der Waals surface area contributed by atoms with Crippen molar-refractivity contribution in [2.24, 2.45) is 5.73 Å². The summed E-state index contributed by atoms with van der Waals surface area (Å²) in [6.07, 6.45) is -0.179. The molecule has 0 saturated carbocycles. The van der Waals surface area contributed by atoms with Crippen LogP contribution in [0.3, 0.4) is 0 Å². The molecule has 16 heavy (non-hydrogen) atoms. The Morgan fingerprint density at radius 2 is 1.88 bits per heavy atom. The molecule has 0 bridgehead atoms. The second-order valence-electron chi connectivity index (χ2n) is 3.67. The van der Waals surface area contributed by atoms with Crippen LogP contribution < -0.4 is 5.73 Å². The fraction of sp³-hybridized carbons (Fsp3) is 0.455. The van der Waals surface area contributed by atoms with E-state index in [0.29, 0.717) is 0 Å². The molecule has 0 fully saturated rings. The Morgan fingerprint density at radius 3 is 2.31 bits per heavy atom. The van der Waals surface area contributed by atoms with Crippen LogP contribution in [0, 0.1) is 5.82 Å². The third kappa shape index (κ3) is 1.92. The largest absolute Gasteiger partial charge is 0.390 e. The second kappa shape index (κ2) is 4.43. The lowest BCUT2D eigenvalue weighted by molar-refractivity contribution is -0.116. The van der Waals surface area contributed by atoms with Gasteiger partial charge in [-0.25, -0.2) is 13.2 Å². The van der Waals surface area contributed by atoms with E-state index in [2.05, 4.69) is 0 Å². The van der Waals surface area contributed by atoms with E-state index < -0.39 is 23.9 Å². The molecule has 3 N–H and O–H groups in total. The van der Waals surface area contributed by atoms with Gasteiger partial charge >= 0.3 is 0 Å². The lowest BCUT2D eigenvalue weighted by atomic mass is 9.82. The van der Waals surface area contributed by atoms with E-state index >= 15 is 0 Å². The van der Waals surface area contributed by atoms with Gasteiger partial charge in [-0.05, 0) is 12.5 Å². The van der Waals surface area contributed by atoms with Gasteiger partial charge in [-0.1, -0.05) is 25.1 Å². The summed E-state index contributed by atoms with van der Waals surface area (Å²) in [6, 6.07) is 5.11. The molecule has 0 unspecified atom stereocenters. The minimum absolute atomic E-state index is 0.179. The summed E-state index contributed by atoms with van der Waals surface area (Å²) in [5.41, 5.74) is 3.09. The van der Waals surface area contributed by atoms with E-state index in [9.17, 15) is 13.2 Å². The maximum absolute atomic E-state index is 13.5. The zero-order chi connectivity index (χ0) is 12.4. The molecule has 1 aromatic rings. The van der Waals surface area contributed by atoms with Crippen molar-refractivity contribution in [2.45, 2.75) is 24.8 Å². The van der Waals surface area contributed by atoms with Gasteiger partial charge in [0, 0.05) is 5.56 Å². The highest BCUT2D eigenvalue weighted by molar-refractivity contribution is 5.28. The minimum atomic E-state index is -3.57. The predicted octanol–water partition coefficient (Wildman–Crippen LogP) is 2.02. The Bertz CT molecular complexity index is 370. The first kappa shape index (κ1) is 13.0. The number of hydrogen-bond acceptors (Lipinski definition) is 2. The third-order valence-corrected chi connectivity index (χ3v) is 2.76. The van der Waals surface area contributed by atoms with Crippen molar-refractivity contribution in [2.75, 3.05) is 6.61 Å². The van der Waals surface area contributed by atoms with Gasteiger partial charge in [0.1, 0.15) is 18.0 Å². The molecule has 5 heteroatoms. The molecular formula is C11H14F3NO. The van der Waals surface area contributed by atoms with Crippen LogP contribution in [0.25, 0.3) is 0 Å². The number of nitrogens with two attached hydrogens (primary N) is 1. The summed E-state index contributed by atoms with van der Waals surface area (Å²) in [5, 5.41) is 8.66. The highest BCUT2D eigenvalue weighted by Gasteiger charge is 2.51. The van der Waals surface area contributed by atoms with Gasteiger partial charge in [0.25, 0.3) is 5.92 Å². The van der Waals surface area contributed by atoms with Gasteiger partial charge in [0.2, 0.25) is 0 Å². The fourth-order valence-corrected chi connectivity index (χ4v) is 1.61. The first-order valence-electron chi connectivity index (χ1n) is 4.91. The molecule has 0 spiro atoms. The van der Waals surface area contributed by atoms with Crippen LogP contribution in [0.4, 0.5) is 13.2 Å². The molecule has 2 nitrogen and oxygen atoms in total. The normalized spacial score (nSPS) is 15.9. The fourth-order valence-electron chi connectivity index (χ4n) is 1.61.